The molecule has 1 N–H and O–H groups in total. The molecule has 2 aromatic heterocycles. The smallest absolute Gasteiger partial charge is 0.129 e. The molecule has 0 saturated heterocycles. The minimum absolute atomic E-state index is 0.548. The second kappa shape index (κ2) is 6.98. The molecule has 0 aliphatic carbocycles. The second-order valence-electron chi connectivity index (χ2n) is 4.12. The first kappa shape index (κ1) is 12.9. The Bertz CT molecular complexity index is 437. The van der Waals surface area contributed by atoms with E-state index in [1.807, 2.05) is 36.1 Å². The Balaban J connectivity index is 1.48. The summed E-state index contributed by atoms with van der Waals surface area (Å²) in [7, 11) is 2.00. The molecule has 0 radical (unpaired) electrons. The van der Waals surface area contributed by atoms with Gasteiger partial charge >= 0.3 is 0 Å². The predicted molar refractivity (Wildman–Crippen MR) is 67.9 cm³/mol. The van der Waals surface area contributed by atoms with E-state index in [1.54, 1.807) is 6.26 Å². The van der Waals surface area contributed by atoms with Crippen LogP contribution in [0.2, 0.25) is 0 Å². The van der Waals surface area contributed by atoms with Gasteiger partial charge in [-0.1, -0.05) is 0 Å². The third-order valence-electron chi connectivity index (χ3n) is 2.67. The monoisotopic (exact) mass is 249 g/mol. The highest BCUT2D eigenvalue weighted by Crippen LogP contribution is 2.01. The molecule has 5 heteroatoms. The van der Waals surface area contributed by atoms with E-state index in [4.69, 9.17) is 9.15 Å². The molecule has 2 rings (SSSR count). The van der Waals surface area contributed by atoms with Gasteiger partial charge < -0.3 is 19.0 Å². The number of aromatic nitrogens is 2. The van der Waals surface area contributed by atoms with Crippen LogP contribution in [0.15, 0.2) is 35.2 Å². The Morgan fingerprint density at radius 3 is 3.17 bits per heavy atom. The lowest BCUT2D eigenvalue weighted by Crippen LogP contribution is -2.18. The predicted octanol–water partition coefficient (Wildman–Crippen LogP) is 1.71. The van der Waals surface area contributed by atoms with Crippen molar-refractivity contribution in [3.8, 4) is 0 Å². The van der Waals surface area contributed by atoms with Crippen LogP contribution in [0.4, 0.5) is 0 Å². The summed E-state index contributed by atoms with van der Waals surface area (Å²) >= 11 is 0. The summed E-state index contributed by atoms with van der Waals surface area (Å²) in [4.78, 5) is 4.24. The van der Waals surface area contributed by atoms with E-state index in [9.17, 15) is 0 Å². The van der Waals surface area contributed by atoms with Crippen LogP contribution < -0.4 is 5.32 Å². The molecule has 2 aromatic rings. The zero-order valence-electron chi connectivity index (χ0n) is 10.6. The molecular weight excluding hydrogens is 230 g/mol. The first-order chi connectivity index (χ1) is 8.86. The number of hydrogen-bond acceptors (Lipinski definition) is 4. The van der Waals surface area contributed by atoms with Gasteiger partial charge in [0.2, 0.25) is 0 Å². The quantitative estimate of drug-likeness (QED) is 0.724. The SMILES string of the molecule is Cn1ccnc1CNCCCOCc1ccco1. The van der Waals surface area contributed by atoms with Crippen molar-refractivity contribution in [3.05, 3.63) is 42.4 Å². The first-order valence-electron chi connectivity index (χ1n) is 6.13. The van der Waals surface area contributed by atoms with Gasteiger partial charge in [-0.3, -0.25) is 0 Å². The van der Waals surface area contributed by atoms with Crippen molar-refractivity contribution in [2.75, 3.05) is 13.2 Å². The molecule has 0 unspecified atom stereocenters. The highest BCUT2D eigenvalue weighted by atomic mass is 16.5. The average Bonchev–Trinajstić information content (AvgIpc) is 3.00. The number of imidazole rings is 1. The van der Waals surface area contributed by atoms with Gasteiger partial charge in [-0.25, -0.2) is 4.98 Å². The molecule has 2 heterocycles. The van der Waals surface area contributed by atoms with Crippen LogP contribution in [0.3, 0.4) is 0 Å². The van der Waals surface area contributed by atoms with E-state index in [2.05, 4.69) is 10.3 Å². The number of rotatable bonds is 8. The van der Waals surface area contributed by atoms with Crippen LogP contribution in [-0.2, 0) is 24.9 Å². The molecule has 0 spiro atoms. The van der Waals surface area contributed by atoms with E-state index in [-0.39, 0.29) is 0 Å². The van der Waals surface area contributed by atoms with Crippen molar-refractivity contribution in [2.24, 2.45) is 7.05 Å². The number of furan rings is 1. The molecule has 0 saturated carbocycles. The lowest BCUT2D eigenvalue weighted by Gasteiger charge is -2.05. The van der Waals surface area contributed by atoms with Crippen LogP contribution in [0.1, 0.15) is 18.0 Å². The van der Waals surface area contributed by atoms with Crippen molar-refractivity contribution < 1.29 is 9.15 Å². The van der Waals surface area contributed by atoms with Crippen molar-refractivity contribution in [1.29, 1.82) is 0 Å². The molecule has 0 aromatic carbocycles. The second-order valence-corrected chi connectivity index (χ2v) is 4.12. The van der Waals surface area contributed by atoms with E-state index in [1.165, 1.54) is 0 Å². The number of nitrogens with one attached hydrogen (secondary N) is 1. The Morgan fingerprint density at radius 1 is 1.50 bits per heavy atom. The highest BCUT2D eigenvalue weighted by molar-refractivity contribution is 4.96. The number of aryl methyl sites for hydroxylation is 1. The van der Waals surface area contributed by atoms with Gasteiger partial charge in [0.05, 0.1) is 12.8 Å². The average molecular weight is 249 g/mol. The largest absolute Gasteiger partial charge is 0.467 e. The fourth-order valence-corrected chi connectivity index (χ4v) is 1.63. The van der Waals surface area contributed by atoms with Crippen molar-refractivity contribution in [1.82, 2.24) is 14.9 Å². The van der Waals surface area contributed by atoms with Gasteiger partial charge in [-0.2, -0.15) is 0 Å². The summed E-state index contributed by atoms with van der Waals surface area (Å²) in [5, 5.41) is 3.34. The molecule has 0 aliphatic heterocycles. The van der Waals surface area contributed by atoms with Gasteiger partial charge in [0.1, 0.15) is 18.2 Å². The minimum Gasteiger partial charge on any atom is -0.467 e. The number of hydrogen-bond donors (Lipinski definition) is 1. The Kier molecular flexibility index (Phi) is 4.99. The molecule has 0 fully saturated rings. The normalized spacial score (nSPS) is 10.9. The lowest BCUT2D eigenvalue weighted by molar-refractivity contribution is 0.104. The van der Waals surface area contributed by atoms with E-state index < -0.39 is 0 Å². The third-order valence-corrected chi connectivity index (χ3v) is 2.67. The molecule has 0 amide bonds. The summed E-state index contributed by atoms with van der Waals surface area (Å²) in [6.07, 6.45) is 6.39. The van der Waals surface area contributed by atoms with Crippen LogP contribution in [-0.4, -0.2) is 22.7 Å². The minimum atomic E-state index is 0.548. The fraction of sp³-hybridized carbons (Fsp3) is 0.462. The Morgan fingerprint density at radius 2 is 2.44 bits per heavy atom. The molecular formula is C13H19N3O2. The molecule has 98 valence electrons. The Labute approximate surface area is 107 Å². The van der Waals surface area contributed by atoms with Crippen LogP contribution in [0.5, 0.6) is 0 Å². The summed E-state index contributed by atoms with van der Waals surface area (Å²) in [6, 6.07) is 3.78. The summed E-state index contributed by atoms with van der Waals surface area (Å²) in [5.41, 5.74) is 0. The zero-order valence-corrected chi connectivity index (χ0v) is 10.6. The van der Waals surface area contributed by atoms with Gasteiger partial charge in [-0.15, -0.1) is 0 Å². The molecule has 18 heavy (non-hydrogen) atoms. The molecule has 5 nitrogen and oxygen atoms in total. The standard InChI is InChI=1S/C13H19N3O2/c1-16-7-6-15-13(16)10-14-5-3-8-17-11-12-4-2-9-18-12/h2,4,6-7,9,14H,3,5,8,10-11H2,1H3. The highest BCUT2D eigenvalue weighted by Gasteiger charge is 1.98. The summed E-state index contributed by atoms with van der Waals surface area (Å²) in [6.45, 7) is 2.99. The third kappa shape index (κ3) is 4.01. The van der Waals surface area contributed by atoms with Gasteiger partial charge in [0.15, 0.2) is 0 Å². The maximum absolute atomic E-state index is 5.48. The maximum Gasteiger partial charge on any atom is 0.129 e. The maximum atomic E-state index is 5.48. The van der Waals surface area contributed by atoms with E-state index in [0.29, 0.717) is 6.61 Å². The molecule has 0 aliphatic rings. The van der Waals surface area contributed by atoms with Crippen LogP contribution in [0.25, 0.3) is 0 Å². The van der Waals surface area contributed by atoms with Gasteiger partial charge in [-0.05, 0) is 25.1 Å². The molecule has 0 atom stereocenters. The number of ether oxygens (including phenoxy) is 1. The van der Waals surface area contributed by atoms with E-state index in [0.717, 1.165) is 37.7 Å². The van der Waals surface area contributed by atoms with E-state index >= 15 is 0 Å². The fourth-order valence-electron chi connectivity index (χ4n) is 1.63. The van der Waals surface area contributed by atoms with Gasteiger partial charge in [0, 0.05) is 26.0 Å². The van der Waals surface area contributed by atoms with Gasteiger partial charge in [0.25, 0.3) is 0 Å². The Hall–Kier alpha value is -1.59. The van der Waals surface area contributed by atoms with Crippen LogP contribution in [0, 0.1) is 0 Å². The van der Waals surface area contributed by atoms with Crippen molar-refractivity contribution in [3.63, 3.8) is 0 Å². The van der Waals surface area contributed by atoms with Crippen molar-refractivity contribution in [2.45, 2.75) is 19.6 Å². The van der Waals surface area contributed by atoms with Crippen molar-refractivity contribution >= 4 is 0 Å². The zero-order chi connectivity index (χ0) is 12.6. The molecule has 0 bridgehead atoms. The summed E-state index contributed by atoms with van der Waals surface area (Å²) < 4.78 is 12.7. The topological polar surface area (TPSA) is 52.2 Å². The number of nitrogens with zero attached hydrogens (tertiary/aromatic N) is 2. The first-order valence-corrected chi connectivity index (χ1v) is 6.13. The summed E-state index contributed by atoms with van der Waals surface area (Å²) in [5.74, 6) is 1.92. The van der Waals surface area contributed by atoms with Crippen LogP contribution >= 0.6 is 0 Å². The lowest BCUT2D eigenvalue weighted by atomic mass is 10.4.